The summed E-state index contributed by atoms with van der Waals surface area (Å²) in [5.74, 6) is 0.463. The number of rotatable bonds is 2. The summed E-state index contributed by atoms with van der Waals surface area (Å²) in [7, 11) is 0. The van der Waals surface area contributed by atoms with Gasteiger partial charge in [0.1, 0.15) is 0 Å². The van der Waals surface area contributed by atoms with Gasteiger partial charge in [0, 0.05) is 13.1 Å². The van der Waals surface area contributed by atoms with E-state index in [0.29, 0.717) is 25.6 Å². The van der Waals surface area contributed by atoms with Crippen LogP contribution in [0.3, 0.4) is 0 Å². The van der Waals surface area contributed by atoms with Crippen LogP contribution in [0.25, 0.3) is 0 Å². The summed E-state index contributed by atoms with van der Waals surface area (Å²) in [4.78, 5) is 11.9. The molecular formula is C6H10ClNO2. The van der Waals surface area contributed by atoms with Crippen LogP contribution in [0.5, 0.6) is 0 Å². The topological polar surface area (TPSA) is 29.5 Å². The van der Waals surface area contributed by atoms with Gasteiger partial charge in [0.2, 0.25) is 6.41 Å². The highest BCUT2D eigenvalue weighted by Gasteiger charge is 2.17. The molecule has 0 spiro atoms. The SMILES string of the molecule is O=CN1CCOC(CCl)C1. The summed E-state index contributed by atoms with van der Waals surface area (Å²) in [5.41, 5.74) is 0. The van der Waals surface area contributed by atoms with Crippen LogP contribution in [0.4, 0.5) is 0 Å². The second-order valence-corrected chi connectivity index (χ2v) is 2.56. The van der Waals surface area contributed by atoms with Crippen molar-refractivity contribution < 1.29 is 9.53 Å². The van der Waals surface area contributed by atoms with Crippen LogP contribution in [0.15, 0.2) is 0 Å². The van der Waals surface area contributed by atoms with Gasteiger partial charge in [-0.25, -0.2) is 0 Å². The van der Waals surface area contributed by atoms with Crippen LogP contribution in [0.1, 0.15) is 0 Å². The van der Waals surface area contributed by atoms with E-state index in [1.807, 2.05) is 0 Å². The first kappa shape index (κ1) is 7.82. The molecule has 1 fully saturated rings. The summed E-state index contributed by atoms with van der Waals surface area (Å²) < 4.78 is 5.23. The third-order valence-electron chi connectivity index (χ3n) is 1.49. The summed E-state index contributed by atoms with van der Waals surface area (Å²) >= 11 is 5.54. The van der Waals surface area contributed by atoms with Gasteiger partial charge in [-0.1, -0.05) is 0 Å². The van der Waals surface area contributed by atoms with Gasteiger partial charge in [0.05, 0.1) is 18.6 Å². The number of hydrogen-bond acceptors (Lipinski definition) is 2. The van der Waals surface area contributed by atoms with Crippen LogP contribution < -0.4 is 0 Å². The second-order valence-electron chi connectivity index (χ2n) is 2.25. The van der Waals surface area contributed by atoms with Crippen molar-refractivity contribution in [1.29, 1.82) is 0 Å². The number of halogens is 1. The van der Waals surface area contributed by atoms with Gasteiger partial charge >= 0.3 is 0 Å². The molecule has 0 N–H and O–H groups in total. The van der Waals surface area contributed by atoms with Crippen molar-refractivity contribution in [2.75, 3.05) is 25.6 Å². The smallest absolute Gasteiger partial charge is 0.209 e. The molecule has 0 bridgehead atoms. The molecule has 0 aromatic rings. The van der Waals surface area contributed by atoms with Crippen molar-refractivity contribution >= 4 is 18.0 Å². The zero-order chi connectivity index (χ0) is 7.40. The molecular weight excluding hydrogens is 154 g/mol. The maximum absolute atomic E-state index is 10.2. The van der Waals surface area contributed by atoms with Crippen LogP contribution in [-0.2, 0) is 9.53 Å². The third-order valence-corrected chi connectivity index (χ3v) is 1.84. The normalized spacial score (nSPS) is 26.5. The van der Waals surface area contributed by atoms with Gasteiger partial charge < -0.3 is 9.64 Å². The summed E-state index contributed by atoms with van der Waals surface area (Å²) in [5, 5.41) is 0. The largest absolute Gasteiger partial charge is 0.373 e. The number of alkyl halides is 1. The fraction of sp³-hybridized carbons (Fsp3) is 0.833. The first-order valence-corrected chi connectivity index (χ1v) is 3.77. The number of amides is 1. The monoisotopic (exact) mass is 163 g/mol. The summed E-state index contributed by atoms with van der Waals surface area (Å²) in [6.07, 6.45) is 0.864. The maximum atomic E-state index is 10.2. The van der Waals surface area contributed by atoms with Gasteiger partial charge in [-0.15, -0.1) is 11.6 Å². The Morgan fingerprint density at radius 2 is 2.60 bits per heavy atom. The average molecular weight is 164 g/mol. The molecule has 0 radical (unpaired) electrons. The molecule has 0 aromatic heterocycles. The first-order valence-electron chi connectivity index (χ1n) is 3.23. The Hall–Kier alpha value is -0.280. The molecule has 1 aliphatic rings. The van der Waals surface area contributed by atoms with E-state index in [2.05, 4.69) is 0 Å². The van der Waals surface area contributed by atoms with Crippen molar-refractivity contribution in [2.45, 2.75) is 6.10 Å². The zero-order valence-electron chi connectivity index (χ0n) is 5.62. The molecule has 3 nitrogen and oxygen atoms in total. The molecule has 1 atom stereocenters. The highest BCUT2D eigenvalue weighted by atomic mass is 35.5. The van der Waals surface area contributed by atoms with Gasteiger partial charge in [0.25, 0.3) is 0 Å². The van der Waals surface area contributed by atoms with Crippen molar-refractivity contribution in [1.82, 2.24) is 4.90 Å². The van der Waals surface area contributed by atoms with Crippen LogP contribution in [-0.4, -0.2) is 43.0 Å². The number of hydrogen-bond donors (Lipinski definition) is 0. The number of carbonyl (C=O) groups is 1. The molecule has 1 amide bonds. The molecule has 1 unspecified atom stereocenters. The Morgan fingerprint density at radius 3 is 3.20 bits per heavy atom. The summed E-state index contributed by atoms with van der Waals surface area (Å²) in [6.45, 7) is 1.93. The predicted molar refractivity (Wildman–Crippen MR) is 38.1 cm³/mol. The van der Waals surface area contributed by atoms with Crippen molar-refractivity contribution in [2.24, 2.45) is 0 Å². The van der Waals surface area contributed by atoms with Crippen molar-refractivity contribution in [3.05, 3.63) is 0 Å². The lowest BCUT2D eigenvalue weighted by atomic mass is 10.3. The number of morpholine rings is 1. The van der Waals surface area contributed by atoms with E-state index in [-0.39, 0.29) is 6.10 Å². The van der Waals surface area contributed by atoms with Crippen LogP contribution >= 0.6 is 11.6 Å². The Bertz CT molecular complexity index is 120. The van der Waals surface area contributed by atoms with Gasteiger partial charge in [-0.2, -0.15) is 0 Å². The van der Waals surface area contributed by atoms with Crippen molar-refractivity contribution in [3.63, 3.8) is 0 Å². The van der Waals surface area contributed by atoms with Gasteiger partial charge in [-0.05, 0) is 0 Å². The molecule has 0 saturated carbocycles. The molecule has 1 saturated heterocycles. The van der Waals surface area contributed by atoms with E-state index in [1.54, 1.807) is 4.90 Å². The van der Waals surface area contributed by atoms with E-state index >= 15 is 0 Å². The molecule has 1 rings (SSSR count). The molecule has 0 aromatic carbocycles. The van der Waals surface area contributed by atoms with Crippen molar-refractivity contribution in [3.8, 4) is 0 Å². The third kappa shape index (κ3) is 1.85. The van der Waals surface area contributed by atoms with E-state index < -0.39 is 0 Å². The van der Waals surface area contributed by atoms with E-state index in [4.69, 9.17) is 16.3 Å². The minimum atomic E-state index is 0.0283. The zero-order valence-corrected chi connectivity index (χ0v) is 6.38. The van der Waals surface area contributed by atoms with E-state index in [1.165, 1.54) is 0 Å². The Labute approximate surface area is 64.9 Å². The number of carbonyl (C=O) groups excluding carboxylic acids is 1. The first-order chi connectivity index (χ1) is 4.86. The Morgan fingerprint density at radius 1 is 1.80 bits per heavy atom. The van der Waals surface area contributed by atoms with E-state index in [9.17, 15) is 4.79 Å². The van der Waals surface area contributed by atoms with Gasteiger partial charge in [-0.3, -0.25) is 4.79 Å². The standard InChI is InChI=1S/C6H10ClNO2/c7-3-6-4-8(5-9)1-2-10-6/h5-6H,1-4H2. The fourth-order valence-electron chi connectivity index (χ4n) is 0.931. The lowest BCUT2D eigenvalue weighted by Gasteiger charge is -2.28. The highest BCUT2D eigenvalue weighted by molar-refractivity contribution is 6.18. The average Bonchev–Trinajstić information content (AvgIpc) is 2.05. The van der Waals surface area contributed by atoms with Gasteiger partial charge in [0.15, 0.2) is 0 Å². The summed E-state index contributed by atoms with van der Waals surface area (Å²) in [6, 6.07) is 0. The predicted octanol–water partition coefficient (Wildman–Crippen LogP) is 0.0824. The van der Waals surface area contributed by atoms with E-state index in [0.717, 1.165) is 6.41 Å². The number of nitrogens with zero attached hydrogens (tertiary/aromatic N) is 1. The minimum Gasteiger partial charge on any atom is -0.373 e. The van der Waals surface area contributed by atoms with Crippen LogP contribution in [0, 0.1) is 0 Å². The Kier molecular flexibility index (Phi) is 2.96. The lowest BCUT2D eigenvalue weighted by molar-refractivity contribution is -0.124. The Balaban J connectivity index is 2.31. The molecule has 1 aliphatic heterocycles. The lowest BCUT2D eigenvalue weighted by Crippen LogP contribution is -2.42. The minimum absolute atomic E-state index is 0.0283. The number of ether oxygens (including phenoxy) is 1. The molecule has 0 aliphatic carbocycles. The molecule has 1 heterocycles. The second kappa shape index (κ2) is 3.78. The maximum Gasteiger partial charge on any atom is 0.209 e. The molecule has 58 valence electrons. The van der Waals surface area contributed by atoms with Crippen LogP contribution in [0.2, 0.25) is 0 Å². The fourth-order valence-corrected chi connectivity index (χ4v) is 1.12. The molecule has 10 heavy (non-hydrogen) atoms. The molecule has 4 heteroatoms. The highest BCUT2D eigenvalue weighted by Crippen LogP contribution is 2.03. The quantitative estimate of drug-likeness (QED) is 0.426.